The largest absolute Gasteiger partial charge is 0.488 e. The summed E-state index contributed by atoms with van der Waals surface area (Å²) in [6.07, 6.45) is 0.741. The van der Waals surface area contributed by atoms with Crippen molar-refractivity contribution in [2.75, 3.05) is 13.2 Å². The lowest BCUT2D eigenvalue weighted by Gasteiger charge is -2.22. The third-order valence-electron chi connectivity index (χ3n) is 3.37. The van der Waals surface area contributed by atoms with Crippen molar-refractivity contribution in [3.63, 3.8) is 0 Å². The van der Waals surface area contributed by atoms with Gasteiger partial charge in [-0.1, -0.05) is 13.8 Å². The molecular formula is C14H20FNO2. The normalized spacial score (nSPS) is 19.7. The van der Waals surface area contributed by atoms with Gasteiger partial charge in [0.2, 0.25) is 0 Å². The molecule has 0 saturated carbocycles. The van der Waals surface area contributed by atoms with E-state index in [0.717, 1.165) is 17.7 Å². The molecule has 0 aliphatic carbocycles. The summed E-state index contributed by atoms with van der Waals surface area (Å²) in [6, 6.07) is 4.70. The summed E-state index contributed by atoms with van der Waals surface area (Å²) in [5.74, 6) is 0.922. The van der Waals surface area contributed by atoms with E-state index in [9.17, 15) is 9.50 Å². The standard InChI is InChI=1S/C14H20FNO2/c1-9(2)13(8-17)16-7-12-6-10-5-11(15)3-4-14(10)18-12/h3-5,9,12-13,16-17H,6-8H2,1-2H3. The van der Waals surface area contributed by atoms with Gasteiger partial charge in [-0.05, 0) is 24.1 Å². The average molecular weight is 253 g/mol. The van der Waals surface area contributed by atoms with E-state index in [2.05, 4.69) is 19.2 Å². The van der Waals surface area contributed by atoms with Crippen molar-refractivity contribution in [3.8, 4) is 5.75 Å². The van der Waals surface area contributed by atoms with Crippen LogP contribution < -0.4 is 10.1 Å². The van der Waals surface area contributed by atoms with Crippen LogP contribution in [0.3, 0.4) is 0 Å². The maximum absolute atomic E-state index is 13.1. The number of halogens is 1. The fourth-order valence-corrected chi connectivity index (χ4v) is 2.20. The molecule has 0 amide bonds. The lowest BCUT2D eigenvalue weighted by atomic mass is 10.0. The van der Waals surface area contributed by atoms with Crippen molar-refractivity contribution in [1.82, 2.24) is 5.32 Å². The molecule has 0 aromatic heterocycles. The Kier molecular flexibility index (Phi) is 4.19. The van der Waals surface area contributed by atoms with Crippen LogP contribution in [0.15, 0.2) is 18.2 Å². The van der Waals surface area contributed by atoms with Crippen molar-refractivity contribution in [2.45, 2.75) is 32.4 Å². The van der Waals surface area contributed by atoms with Crippen molar-refractivity contribution >= 4 is 0 Å². The SMILES string of the molecule is CC(C)C(CO)NCC1Cc2cc(F)ccc2O1. The molecule has 1 aromatic rings. The van der Waals surface area contributed by atoms with E-state index in [-0.39, 0.29) is 24.6 Å². The smallest absolute Gasteiger partial charge is 0.123 e. The zero-order valence-electron chi connectivity index (χ0n) is 10.8. The molecule has 0 fully saturated rings. The molecule has 0 spiro atoms. The van der Waals surface area contributed by atoms with Gasteiger partial charge in [0, 0.05) is 24.6 Å². The average Bonchev–Trinajstić information content (AvgIpc) is 2.71. The van der Waals surface area contributed by atoms with Gasteiger partial charge >= 0.3 is 0 Å². The highest BCUT2D eigenvalue weighted by Gasteiger charge is 2.24. The first-order valence-electron chi connectivity index (χ1n) is 6.39. The van der Waals surface area contributed by atoms with Gasteiger partial charge in [-0.25, -0.2) is 4.39 Å². The van der Waals surface area contributed by atoms with Crippen LogP contribution >= 0.6 is 0 Å². The fourth-order valence-electron chi connectivity index (χ4n) is 2.20. The summed E-state index contributed by atoms with van der Waals surface area (Å²) < 4.78 is 18.8. The fraction of sp³-hybridized carbons (Fsp3) is 0.571. The Balaban J connectivity index is 1.88. The molecule has 0 saturated heterocycles. The monoisotopic (exact) mass is 253 g/mol. The maximum atomic E-state index is 13.1. The van der Waals surface area contributed by atoms with Crippen LogP contribution in [-0.2, 0) is 6.42 Å². The molecule has 0 radical (unpaired) electrons. The number of aliphatic hydroxyl groups excluding tert-OH is 1. The van der Waals surface area contributed by atoms with Gasteiger partial charge in [0.05, 0.1) is 6.61 Å². The topological polar surface area (TPSA) is 41.5 Å². The van der Waals surface area contributed by atoms with Crippen LogP contribution in [0.25, 0.3) is 0 Å². The molecule has 18 heavy (non-hydrogen) atoms. The molecule has 2 unspecified atom stereocenters. The zero-order chi connectivity index (χ0) is 13.1. The first-order valence-corrected chi connectivity index (χ1v) is 6.39. The minimum absolute atomic E-state index is 0.0228. The van der Waals surface area contributed by atoms with Crippen LogP contribution in [0, 0.1) is 11.7 Å². The van der Waals surface area contributed by atoms with Gasteiger partial charge in [0.15, 0.2) is 0 Å². The Morgan fingerprint density at radius 1 is 1.50 bits per heavy atom. The summed E-state index contributed by atoms with van der Waals surface area (Å²) in [5.41, 5.74) is 0.923. The Hall–Kier alpha value is -1.13. The molecule has 1 aromatic carbocycles. The van der Waals surface area contributed by atoms with E-state index in [1.807, 2.05) is 0 Å². The lowest BCUT2D eigenvalue weighted by molar-refractivity contribution is 0.178. The molecule has 100 valence electrons. The highest BCUT2D eigenvalue weighted by atomic mass is 19.1. The van der Waals surface area contributed by atoms with E-state index in [4.69, 9.17) is 4.74 Å². The Morgan fingerprint density at radius 2 is 2.28 bits per heavy atom. The second-order valence-corrected chi connectivity index (χ2v) is 5.14. The first kappa shape index (κ1) is 13.3. The summed E-state index contributed by atoms with van der Waals surface area (Å²) in [6.45, 7) is 4.91. The maximum Gasteiger partial charge on any atom is 0.123 e. The van der Waals surface area contributed by atoms with Crippen LogP contribution in [0.2, 0.25) is 0 Å². The molecule has 2 rings (SSSR count). The van der Waals surface area contributed by atoms with Crippen LogP contribution in [-0.4, -0.2) is 30.4 Å². The van der Waals surface area contributed by atoms with E-state index in [1.165, 1.54) is 12.1 Å². The molecule has 1 aliphatic heterocycles. The number of rotatable bonds is 5. The van der Waals surface area contributed by atoms with Crippen molar-refractivity contribution in [3.05, 3.63) is 29.6 Å². The second kappa shape index (κ2) is 5.67. The number of fused-ring (bicyclic) bond motifs is 1. The summed E-state index contributed by atoms with van der Waals surface area (Å²) in [4.78, 5) is 0. The van der Waals surface area contributed by atoms with Crippen LogP contribution in [0.1, 0.15) is 19.4 Å². The van der Waals surface area contributed by atoms with Crippen LogP contribution in [0.5, 0.6) is 5.75 Å². The first-order chi connectivity index (χ1) is 8.60. The summed E-state index contributed by atoms with van der Waals surface area (Å²) in [5, 5.41) is 12.5. The second-order valence-electron chi connectivity index (χ2n) is 5.14. The number of ether oxygens (including phenoxy) is 1. The number of hydrogen-bond donors (Lipinski definition) is 2. The van der Waals surface area contributed by atoms with Gasteiger partial charge in [0.25, 0.3) is 0 Å². The van der Waals surface area contributed by atoms with Crippen molar-refractivity contribution in [2.24, 2.45) is 5.92 Å². The Morgan fingerprint density at radius 3 is 2.94 bits per heavy atom. The quantitative estimate of drug-likeness (QED) is 0.840. The highest BCUT2D eigenvalue weighted by Crippen LogP contribution is 2.28. The van der Waals surface area contributed by atoms with Gasteiger partial charge in [0.1, 0.15) is 17.7 Å². The van der Waals surface area contributed by atoms with E-state index < -0.39 is 0 Å². The minimum Gasteiger partial charge on any atom is -0.488 e. The van der Waals surface area contributed by atoms with Gasteiger partial charge in [-0.2, -0.15) is 0 Å². The lowest BCUT2D eigenvalue weighted by Crippen LogP contribution is -2.42. The Labute approximate surface area is 107 Å². The zero-order valence-corrected chi connectivity index (χ0v) is 10.8. The van der Waals surface area contributed by atoms with Crippen molar-refractivity contribution < 1.29 is 14.2 Å². The summed E-state index contributed by atoms with van der Waals surface area (Å²) in [7, 11) is 0. The molecule has 3 nitrogen and oxygen atoms in total. The molecule has 0 bridgehead atoms. The van der Waals surface area contributed by atoms with Crippen LogP contribution in [0.4, 0.5) is 4.39 Å². The molecule has 2 N–H and O–H groups in total. The molecule has 4 heteroatoms. The van der Waals surface area contributed by atoms with E-state index in [1.54, 1.807) is 6.07 Å². The molecule has 2 atom stereocenters. The predicted molar refractivity (Wildman–Crippen MR) is 68.2 cm³/mol. The highest BCUT2D eigenvalue weighted by molar-refractivity contribution is 5.37. The number of hydrogen-bond acceptors (Lipinski definition) is 3. The molecule has 1 heterocycles. The van der Waals surface area contributed by atoms with Gasteiger partial charge in [-0.15, -0.1) is 0 Å². The molecular weight excluding hydrogens is 233 g/mol. The number of aliphatic hydroxyl groups is 1. The minimum atomic E-state index is -0.221. The predicted octanol–water partition coefficient (Wildman–Crippen LogP) is 1.74. The third kappa shape index (κ3) is 3.00. The van der Waals surface area contributed by atoms with E-state index in [0.29, 0.717) is 12.5 Å². The van der Waals surface area contributed by atoms with Gasteiger partial charge < -0.3 is 15.2 Å². The number of benzene rings is 1. The molecule has 1 aliphatic rings. The Bertz CT molecular complexity index is 409. The van der Waals surface area contributed by atoms with E-state index >= 15 is 0 Å². The van der Waals surface area contributed by atoms with Gasteiger partial charge in [-0.3, -0.25) is 0 Å². The third-order valence-corrected chi connectivity index (χ3v) is 3.37. The number of nitrogens with one attached hydrogen (secondary N) is 1. The van der Waals surface area contributed by atoms with Crippen molar-refractivity contribution in [1.29, 1.82) is 0 Å². The summed E-state index contributed by atoms with van der Waals surface area (Å²) >= 11 is 0.